The highest BCUT2D eigenvalue weighted by Gasteiger charge is 2.21. The Morgan fingerprint density at radius 1 is 0.512 bits per heavy atom. The monoisotopic (exact) mass is 540 g/mol. The van der Waals surface area contributed by atoms with Crippen molar-refractivity contribution in [2.45, 2.75) is 34.6 Å². The second kappa shape index (κ2) is 12.1. The maximum absolute atomic E-state index is 13.3. The molecule has 0 heterocycles. The minimum Gasteiger partial charge on any atom is -0.462 e. The zero-order valence-electron chi connectivity index (χ0n) is 24.4. The van der Waals surface area contributed by atoms with Crippen LogP contribution in [0.1, 0.15) is 39.5 Å². The Hall–Kier alpha value is -4.83. The fraction of sp³-hybridized carbons (Fsp3) is 0.162. The molecule has 5 aromatic rings. The molecule has 0 saturated carbocycles. The second-order valence-electron chi connectivity index (χ2n) is 10.5. The number of carbonyl (C=O) groups excluding carboxylic acids is 1. The zero-order valence-corrected chi connectivity index (χ0v) is 24.4. The van der Waals surface area contributed by atoms with E-state index in [0.29, 0.717) is 12.2 Å². The molecule has 0 N–H and O–H groups in total. The molecule has 0 aliphatic carbocycles. The lowest BCUT2D eigenvalue weighted by Gasteiger charge is -2.30. The highest BCUT2D eigenvalue weighted by Crippen LogP contribution is 2.42. The van der Waals surface area contributed by atoms with E-state index in [0.717, 1.165) is 56.4 Å². The molecule has 0 unspecified atom stereocenters. The molecule has 5 rings (SSSR count). The Balaban J connectivity index is 1.80. The number of anilines is 6. The van der Waals surface area contributed by atoms with Gasteiger partial charge in [0.25, 0.3) is 0 Å². The fourth-order valence-corrected chi connectivity index (χ4v) is 5.15. The summed E-state index contributed by atoms with van der Waals surface area (Å²) >= 11 is 0. The van der Waals surface area contributed by atoms with Gasteiger partial charge in [0, 0.05) is 34.1 Å². The van der Waals surface area contributed by atoms with Crippen molar-refractivity contribution in [3.63, 3.8) is 0 Å². The minimum atomic E-state index is -0.350. The lowest BCUT2D eigenvalue weighted by molar-refractivity contribution is 0.0526. The summed E-state index contributed by atoms with van der Waals surface area (Å²) < 4.78 is 5.52. The van der Waals surface area contributed by atoms with Crippen LogP contribution in [0.5, 0.6) is 0 Å². The van der Waals surface area contributed by atoms with Gasteiger partial charge in [-0.25, -0.2) is 4.79 Å². The van der Waals surface area contributed by atoms with E-state index in [4.69, 9.17) is 4.74 Å². The number of aryl methyl sites for hydroxylation is 4. The van der Waals surface area contributed by atoms with E-state index >= 15 is 0 Å². The lowest BCUT2D eigenvalue weighted by Crippen LogP contribution is -2.16. The van der Waals surface area contributed by atoms with Crippen molar-refractivity contribution >= 4 is 40.1 Å². The van der Waals surface area contributed by atoms with E-state index in [1.165, 1.54) is 0 Å². The molecule has 0 aliphatic heterocycles. The molecule has 0 aromatic heterocycles. The third kappa shape index (κ3) is 6.33. The molecular weight excluding hydrogens is 504 g/mol. The van der Waals surface area contributed by atoms with Crippen LogP contribution in [0.4, 0.5) is 34.1 Å². The van der Waals surface area contributed by atoms with Crippen molar-refractivity contribution < 1.29 is 9.53 Å². The van der Waals surface area contributed by atoms with E-state index in [1.54, 1.807) is 0 Å². The molecular formula is C37H36N2O2. The standard InChI is InChI=1S/C37H36N2O2/c1-6-41-37(40)30-23-35(38(31-15-7-11-26(2)19-31)32-16-8-12-27(3)20-32)25-36(24-30)39(33-17-9-13-28(4)21-33)34-18-10-14-29(5)22-34/h7-25H,6H2,1-5H3. The number of ether oxygens (including phenoxy) is 1. The Morgan fingerprint density at radius 2 is 0.854 bits per heavy atom. The maximum atomic E-state index is 13.3. The van der Waals surface area contributed by atoms with Gasteiger partial charge in [-0.15, -0.1) is 0 Å². The van der Waals surface area contributed by atoms with Crippen LogP contribution < -0.4 is 9.80 Å². The highest BCUT2D eigenvalue weighted by atomic mass is 16.5. The molecule has 206 valence electrons. The molecule has 41 heavy (non-hydrogen) atoms. The van der Waals surface area contributed by atoms with E-state index in [-0.39, 0.29) is 5.97 Å². The summed E-state index contributed by atoms with van der Waals surface area (Å²) in [6.07, 6.45) is 0. The zero-order chi connectivity index (χ0) is 28.9. The quantitative estimate of drug-likeness (QED) is 0.183. The maximum Gasteiger partial charge on any atom is 0.338 e. The van der Waals surface area contributed by atoms with Gasteiger partial charge in [-0.05, 0) is 124 Å². The van der Waals surface area contributed by atoms with Crippen LogP contribution in [0, 0.1) is 27.7 Å². The van der Waals surface area contributed by atoms with Crippen molar-refractivity contribution in [2.75, 3.05) is 16.4 Å². The minimum absolute atomic E-state index is 0.303. The number of hydrogen-bond donors (Lipinski definition) is 0. The van der Waals surface area contributed by atoms with E-state index in [1.807, 2.05) is 19.1 Å². The number of rotatable bonds is 8. The number of esters is 1. The van der Waals surface area contributed by atoms with E-state index in [2.05, 4.69) is 141 Å². The molecule has 4 heteroatoms. The molecule has 0 spiro atoms. The third-order valence-corrected chi connectivity index (χ3v) is 6.97. The van der Waals surface area contributed by atoms with Gasteiger partial charge < -0.3 is 14.5 Å². The van der Waals surface area contributed by atoms with Crippen molar-refractivity contribution in [3.8, 4) is 0 Å². The molecule has 0 fully saturated rings. The summed E-state index contributed by atoms with van der Waals surface area (Å²) in [5.74, 6) is -0.350. The van der Waals surface area contributed by atoms with Gasteiger partial charge in [0.05, 0.1) is 12.2 Å². The van der Waals surface area contributed by atoms with Crippen LogP contribution in [0.2, 0.25) is 0 Å². The Labute approximate surface area is 243 Å². The topological polar surface area (TPSA) is 32.8 Å². The van der Waals surface area contributed by atoms with Gasteiger partial charge in [0.1, 0.15) is 0 Å². The molecule has 5 aromatic carbocycles. The summed E-state index contributed by atoms with van der Waals surface area (Å²) in [5, 5.41) is 0. The lowest BCUT2D eigenvalue weighted by atomic mass is 10.1. The van der Waals surface area contributed by atoms with Gasteiger partial charge in [-0.2, -0.15) is 0 Å². The molecule has 0 radical (unpaired) electrons. The van der Waals surface area contributed by atoms with E-state index < -0.39 is 0 Å². The van der Waals surface area contributed by atoms with Crippen molar-refractivity contribution in [2.24, 2.45) is 0 Å². The number of hydrogen-bond acceptors (Lipinski definition) is 4. The first kappa shape index (κ1) is 27.7. The number of nitrogens with zero attached hydrogens (tertiary/aromatic N) is 2. The van der Waals surface area contributed by atoms with Crippen LogP contribution in [0.25, 0.3) is 0 Å². The summed E-state index contributed by atoms with van der Waals surface area (Å²) in [6.45, 7) is 10.5. The van der Waals surface area contributed by atoms with Gasteiger partial charge in [0.15, 0.2) is 0 Å². The van der Waals surface area contributed by atoms with Gasteiger partial charge >= 0.3 is 5.97 Å². The Bertz CT molecular complexity index is 1490. The van der Waals surface area contributed by atoms with Crippen LogP contribution in [0.15, 0.2) is 115 Å². The van der Waals surface area contributed by atoms with Crippen molar-refractivity contribution in [1.82, 2.24) is 0 Å². The van der Waals surface area contributed by atoms with Crippen LogP contribution >= 0.6 is 0 Å². The molecule has 0 atom stereocenters. The Morgan fingerprint density at radius 3 is 1.15 bits per heavy atom. The summed E-state index contributed by atoms with van der Waals surface area (Å²) in [6, 6.07) is 39.7. The van der Waals surface area contributed by atoms with Crippen molar-refractivity contribution in [3.05, 3.63) is 143 Å². The summed E-state index contributed by atoms with van der Waals surface area (Å²) in [4.78, 5) is 17.7. The first-order valence-corrected chi connectivity index (χ1v) is 14.0. The fourth-order valence-electron chi connectivity index (χ4n) is 5.15. The number of carbonyl (C=O) groups is 1. The van der Waals surface area contributed by atoms with Crippen LogP contribution in [0.3, 0.4) is 0 Å². The normalized spacial score (nSPS) is 10.8. The predicted octanol–water partition coefficient (Wildman–Crippen LogP) is 10.0. The number of benzene rings is 5. The molecule has 0 aliphatic rings. The first-order valence-electron chi connectivity index (χ1n) is 14.0. The largest absolute Gasteiger partial charge is 0.462 e. The first-order chi connectivity index (χ1) is 19.8. The average Bonchev–Trinajstić information content (AvgIpc) is 2.94. The Kier molecular flexibility index (Phi) is 8.21. The van der Waals surface area contributed by atoms with Gasteiger partial charge in [-0.1, -0.05) is 48.5 Å². The molecule has 0 saturated heterocycles. The SMILES string of the molecule is CCOC(=O)c1cc(N(c2cccc(C)c2)c2cccc(C)c2)cc(N(c2cccc(C)c2)c2cccc(C)c2)c1. The summed E-state index contributed by atoms with van der Waals surface area (Å²) in [7, 11) is 0. The molecule has 0 bridgehead atoms. The second-order valence-corrected chi connectivity index (χ2v) is 10.5. The predicted molar refractivity (Wildman–Crippen MR) is 171 cm³/mol. The van der Waals surface area contributed by atoms with Gasteiger partial charge in [0.2, 0.25) is 0 Å². The van der Waals surface area contributed by atoms with Gasteiger partial charge in [-0.3, -0.25) is 0 Å². The third-order valence-electron chi connectivity index (χ3n) is 6.97. The average molecular weight is 541 g/mol. The molecule has 0 amide bonds. The van der Waals surface area contributed by atoms with E-state index in [9.17, 15) is 4.79 Å². The highest BCUT2D eigenvalue weighted by molar-refractivity contribution is 5.95. The summed E-state index contributed by atoms with van der Waals surface area (Å²) in [5.41, 5.74) is 10.9. The van der Waals surface area contributed by atoms with Crippen molar-refractivity contribution in [1.29, 1.82) is 0 Å². The van der Waals surface area contributed by atoms with Crippen LogP contribution in [-0.4, -0.2) is 12.6 Å². The molecule has 4 nitrogen and oxygen atoms in total. The van der Waals surface area contributed by atoms with Crippen LogP contribution in [-0.2, 0) is 4.74 Å². The smallest absolute Gasteiger partial charge is 0.338 e.